The van der Waals surface area contributed by atoms with Crippen LogP contribution in [0.2, 0.25) is 0 Å². The molecule has 1 aliphatic rings. The van der Waals surface area contributed by atoms with Crippen molar-refractivity contribution in [1.82, 2.24) is 9.78 Å². The minimum Gasteiger partial charge on any atom is -0.497 e. The quantitative estimate of drug-likeness (QED) is 0.168. The first kappa shape index (κ1) is 30.2. The Hall–Kier alpha value is -3.75. The molecule has 0 unspecified atom stereocenters. The summed E-state index contributed by atoms with van der Waals surface area (Å²) in [6.07, 6.45) is -8.60. The van der Waals surface area contributed by atoms with Gasteiger partial charge in [0.15, 0.2) is 6.10 Å². The minimum atomic E-state index is -2.94. The standard InChI is InChI=1S/C28H33FN2O10/c1-15(2)31-16(3)20(12-17-10-11-19(37-4)13-21(17)29)26(30-31)41-28(36)25(34)24(33)23(32)22(40-28)14-38-27(35)39-18-8-6-5-7-9-18/h5-11,13,15,22-25,32-34,36H,12,14H2,1-4H3/t22-,23-,24+,25-,28+/m1/s1. The third-order valence-corrected chi connectivity index (χ3v) is 6.65. The number of methoxy groups -OCH3 is 1. The van der Waals surface area contributed by atoms with Crippen LogP contribution in [0.3, 0.4) is 0 Å². The molecule has 1 aliphatic heterocycles. The monoisotopic (exact) mass is 576 g/mol. The Labute approximate surface area is 235 Å². The summed E-state index contributed by atoms with van der Waals surface area (Å²) in [5.41, 5.74) is 1.23. The fourth-order valence-corrected chi connectivity index (χ4v) is 4.40. The smallest absolute Gasteiger partial charge is 0.497 e. The van der Waals surface area contributed by atoms with E-state index < -0.39 is 49.0 Å². The van der Waals surface area contributed by atoms with E-state index in [4.69, 9.17) is 23.7 Å². The van der Waals surface area contributed by atoms with Crippen molar-refractivity contribution in [3.63, 3.8) is 0 Å². The van der Waals surface area contributed by atoms with Crippen LogP contribution in [0.25, 0.3) is 0 Å². The molecule has 0 bridgehead atoms. The highest BCUT2D eigenvalue weighted by atomic mass is 19.1. The van der Waals surface area contributed by atoms with Gasteiger partial charge in [-0.15, -0.1) is 5.10 Å². The highest BCUT2D eigenvalue weighted by Gasteiger charge is 2.56. The summed E-state index contributed by atoms with van der Waals surface area (Å²) in [4.78, 5) is 12.1. The van der Waals surface area contributed by atoms with Crippen molar-refractivity contribution in [3.8, 4) is 17.4 Å². The third kappa shape index (κ3) is 6.60. The van der Waals surface area contributed by atoms with E-state index in [1.54, 1.807) is 35.9 Å². The van der Waals surface area contributed by atoms with Crippen LogP contribution in [0.5, 0.6) is 17.4 Å². The molecule has 0 amide bonds. The Kier molecular flexibility index (Phi) is 9.14. The molecule has 2 heterocycles. The molecular weight excluding hydrogens is 543 g/mol. The fraction of sp³-hybridized carbons (Fsp3) is 0.429. The number of halogens is 1. The summed E-state index contributed by atoms with van der Waals surface area (Å²) < 4.78 is 42.6. The number of benzene rings is 2. The first-order chi connectivity index (χ1) is 19.4. The van der Waals surface area contributed by atoms with Crippen LogP contribution >= 0.6 is 0 Å². The normalized spacial score (nSPS) is 24.2. The number of hydrogen-bond donors (Lipinski definition) is 4. The van der Waals surface area contributed by atoms with Gasteiger partial charge in [-0.25, -0.2) is 9.18 Å². The zero-order chi connectivity index (χ0) is 29.9. The van der Waals surface area contributed by atoms with Crippen molar-refractivity contribution >= 4 is 6.16 Å². The van der Waals surface area contributed by atoms with E-state index in [9.17, 15) is 29.6 Å². The Balaban J connectivity index is 1.57. The van der Waals surface area contributed by atoms with E-state index in [2.05, 4.69) is 5.10 Å². The van der Waals surface area contributed by atoms with Crippen molar-refractivity contribution < 1.29 is 53.3 Å². The minimum absolute atomic E-state index is 0.0149. The molecule has 3 aromatic rings. The second-order valence-corrected chi connectivity index (χ2v) is 9.83. The highest BCUT2D eigenvalue weighted by molar-refractivity contribution is 5.63. The van der Waals surface area contributed by atoms with E-state index in [1.165, 1.54) is 31.4 Å². The van der Waals surface area contributed by atoms with E-state index in [0.717, 1.165) is 0 Å². The van der Waals surface area contributed by atoms with Crippen LogP contribution in [0.15, 0.2) is 48.5 Å². The first-order valence-corrected chi connectivity index (χ1v) is 12.9. The molecule has 0 spiro atoms. The first-order valence-electron chi connectivity index (χ1n) is 12.9. The number of ether oxygens (including phenoxy) is 5. The average Bonchev–Trinajstić information content (AvgIpc) is 3.24. The predicted molar refractivity (Wildman–Crippen MR) is 140 cm³/mol. The molecule has 4 rings (SSSR count). The largest absolute Gasteiger partial charge is 0.513 e. The Morgan fingerprint density at radius 3 is 2.46 bits per heavy atom. The summed E-state index contributed by atoms with van der Waals surface area (Å²) in [5, 5.41) is 47.2. The SMILES string of the molecule is COc1ccc(Cc2c(O[C@@]3(O)O[C@H](COC(=O)Oc4ccccc4)[C@@H](O)[C@H](O)[C@H]3O)nn(C(C)C)c2C)c(F)c1. The molecule has 1 fully saturated rings. The fourth-order valence-electron chi connectivity index (χ4n) is 4.40. The number of aliphatic hydroxyl groups is 4. The number of carbonyl (C=O) groups is 1. The molecule has 0 saturated carbocycles. The van der Waals surface area contributed by atoms with Crippen LogP contribution in [0.4, 0.5) is 9.18 Å². The summed E-state index contributed by atoms with van der Waals surface area (Å²) in [6, 6.07) is 12.2. The van der Waals surface area contributed by atoms with Crippen molar-refractivity contribution in [2.75, 3.05) is 13.7 Å². The molecular formula is C28H33FN2O10. The summed E-state index contributed by atoms with van der Waals surface area (Å²) in [7, 11) is 1.42. The summed E-state index contributed by atoms with van der Waals surface area (Å²) in [6.45, 7) is 4.76. The predicted octanol–water partition coefficient (Wildman–Crippen LogP) is 2.23. The lowest BCUT2D eigenvalue weighted by molar-refractivity contribution is -0.423. The molecule has 5 atom stereocenters. The number of aliphatic hydroxyl groups excluding tert-OH is 3. The molecule has 0 aliphatic carbocycles. The molecule has 41 heavy (non-hydrogen) atoms. The van der Waals surface area contributed by atoms with Crippen LogP contribution < -0.4 is 14.2 Å². The lowest BCUT2D eigenvalue weighted by Gasteiger charge is -2.44. The maximum Gasteiger partial charge on any atom is 0.513 e. The van der Waals surface area contributed by atoms with E-state index in [0.29, 0.717) is 17.0 Å². The molecule has 13 heteroatoms. The lowest BCUT2D eigenvalue weighted by atomic mass is 9.97. The zero-order valence-corrected chi connectivity index (χ0v) is 22.9. The number of para-hydroxylation sites is 1. The molecule has 12 nitrogen and oxygen atoms in total. The molecule has 1 saturated heterocycles. The maximum absolute atomic E-state index is 14.8. The average molecular weight is 577 g/mol. The van der Waals surface area contributed by atoms with E-state index in [1.807, 2.05) is 13.8 Å². The van der Waals surface area contributed by atoms with Gasteiger partial charge in [0, 0.05) is 29.8 Å². The van der Waals surface area contributed by atoms with Gasteiger partial charge in [0.2, 0.25) is 5.88 Å². The van der Waals surface area contributed by atoms with Gasteiger partial charge in [0.1, 0.15) is 42.2 Å². The van der Waals surface area contributed by atoms with Gasteiger partial charge in [-0.3, -0.25) is 4.68 Å². The zero-order valence-electron chi connectivity index (χ0n) is 22.9. The topological polar surface area (TPSA) is 162 Å². The van der Waals surface area contributed by atoms with Crippen LogP contribution in [0, 0.1) is 12.7 Å². The maximum atomic E-state index is 14.8. The number of rotatable bonds is 9. The second-order valence-electron chi connectivity index (χ2n) is 9.83. The van der Waals surface area contributed by atoms with Gasteiger partial charge < -0.3 is 44.1 Å². The van der Waals surface area contributed by atoms with Gasteiger partial charge in [0.05, 0.1) is 7.11 Å². The Bertz CT molecular complexity index is 1350. The molecule has 1 aromatic heterocycles. The number of nitrogens with zero attached hydrogens (tertiary/aromatic N) is 2. The Morgan fingerprint density at radius 1 is 1.12 bits per heavy atom. The number of aromatic nitrogens is 2. The summed E-state index contributed by atoms with van der Waals surface area (Å²) >= 11 is 0. The Morgan fingerprint density at radius 2 is 1.83 bits per heavy atom. The van der Waals surface area contributed by atoms with Crippen molar-refractivity contribution in [2.24, 2.45) is 0 Å². The van der Waals surface area contributed by atoms with Crippen molar-refractivity contribution in [3.05, 3.63) is 71.2 Å². The van der Waals surface area contributed by atoms with Gasteiger partial charge >= 0.3 is 12.1 Å². The number of carbonyl (C=O) groups excluding carboxylic acids is 1. The highest BCUT2D eigenvalue weighted by Crippen LogP contribution is 2.35. The van der Waals surface area contributed by atoms with Crippen molar-refractivity contribution in [1.29, 1.82) is 0 Å². The molecule has 0 radical (unpaired) electrons. The van der Waals surface area contributed by atoms with Gasteiger partial charge in [-0.1, -0.05) is 24.3 Å². The van der Waals surface area contributed by atoms with E-state index in [-0.39, 0.29) is 29.7 Å². The molecule has 4 N–H and O–H groups in total. The van der Waals surface area contributed by atoms with Gasteiger partial charge in [-0.2, -0.15) is 0 Å². The molecule has 222 valence electrons. The van der Waals surface area contributed by atoms with Crippen LogP contribution in [-0.4, -0.2) is 80.5 Å². The van der Waals surface area contributed by atoms with Gasteiger partial charge in [0.25, 0.3) is 0 Å². The van der Waals surface area contributed by atoms with Gasteiger partial charge in [-0.05, 0) is 44.5 Å². The molecule has 2 aromatic carbocycles. The lowest BCUT2D eigenvalue weighted by Crippen LogP contribution is -2.67. The van der Waals surface area contributed by atoms with E-state index >= 15 is 0 Å². The van der Waals surface area contributed by atoms with Crippen molar-refractivity contribution in [2.45, 2.75) is 63.6 Å². The number of hydrogen-bond acceptors (Lipinski definition) is 11. The summed E-state index contributed by atoms with van der Waals surface area (Å²) in [5.74, 6) is -3.16. The van der Waals surface area contributed by atoms with Crippen LogP contribution in [0.1, 0.15) is 36.7 Å². The third-order valence-electron chi connectivity index (χ3n) is 6.65. The van der Waals surface area contributed by atoms with Crippen LogP contribution in [-0.2, 0) is 15.9 Å². The second kappa shape index (κ2) is 12.4.